The highest BCUT2D eigenvalue weighted by Gasteiger charge is 2.43. The molecule has 1 aliphatic carbocycles. The van der Waals surface area contributed by atoms with Crippen LogP contribution < -0.4 is 5.32 Å². The highest BCUT2D eigenvalue weighted by atomic mass is 16.2. The van der Waals surface area contributed by atoms with Gasteiger partial charge in [0.05, 0.1) is 24.4 Å². The van der Waals surface area contributed by atoms with Crippen molar-refractivity contribution in [3.05, 3.63) is 30.6 Å². The molecule has 1 saturated carbocycles. The fourth-order valence-electron chi connectivity index (χ4n) is 5.42. The maximum Gasteiger partial charge on any atom is 0.224 e. The van der Waals surface area contributed by atoms with E-state index in [1.54, 1.807) is 6.20 Å². The van der Waals surface area contributed by atoms with Gasteiger partial charge in [-0.05, 0) is 50.3 Å². The van der Waals surface area contributed by atoms with Crippen LogP contribution in [-0.4, -0.2) is 56.0 Å². The van der Waals surface area contributed by atoms with E-state index in [2.05, 4.69) is 25.5 Å². The number of nitrogens with one attached hydrogen (secondary N) is 1. The molecule has 154 valence electrons. The summed E-state index contributed by atoms with van der Waals surface area (Å²) in [6.07, 6.45) is 12.1. The number of carbonyl (C=O) groups is 1. The van der Waals surface area contributed by atoms with Crippen molar-refractivity contribution >= 4 is 5.91 Å². The number of pyridine rings is 1. The van der Waals surface area contributed by atoms with Gasteiger partial charge in [0, 0.05) is 24.8 Å². The van der Waals surface area contributed by atoms with E-state index in [4.69, 9.17) is 0 Å². The van der Waals surface area contributed by atoms with Gasteiger partial charge in [-0.3, -0.25) is 19.4 Å². The minimum Gasteiger partial charge on any atom is -0.353 e. The van der Waals surface area contributed by atoms with E-state index in [9.17, 15) is 4.79 Å². The lowest BCUT2D eigenvalue weighted by atomic mass is 9.75. The Morgan fingerprint density at radius 2 is 2.03 bits per heavy atom. The first-order chi connectivity index (χ1) is 14.3. The van der Waals surface area contributed by atoms with Gasteiger partial charge < -0.3 is 5.32 Å². The summed E-state index contributed by atoms with van der Waals surface area (Å²) < 4.78 is 1.94. The third-order valence-corrected chi connectivity index (χ3v) is 7.03. The molecule has 1 amide bonds. The van der Waals surface area contributed by atoms with E-state index in [1.165, 1.54) is 19.3 Å². The smallest absolute Gasteiger partial charge is 0.224 e. The van der Waals surface area contributed by atoms with Crippen molar-refractivity contribution in [2.75, 3.05) is 13.1 Å². The molecule has 0 aromatic carbocycles. The molecule has 1 unspecified atom stereocenters. The van der Waals surface area contributed by atoms with Gasteiger partial charge in [-0.15, -0.1) is 5.10 Å². The first-order valence-corrected chi connectivity index (χ1v) is 11.1. The zero-order valence-electron chi connectivity index (χ0n) is 16.9. The molecule has 3 aliphatic heterocycles. The van der Waals surface area contributed by atoms with Crippen LogP contribution in [0.2, 0.25) is 0 Å². The average molecular weight is 395 g/mol. The molecule has 4 fully saturated rings. The number of carbonyl (C=O) groups excluding carboxylic acids is 1. The molecule has 0 spiro atoms. The van der Waals surface area contributed by atoms with Crippen molar-refractivity contribution in [3.63, 3.8) is 0 Å². The quantitative estimate of drug-likeness (QED) is 0.843. The number of hydrogen-bond acceptors (Lipinski definition) is 5. The predicted octanol–water partition coefficient (Wildman–Crippen LogP) is 2.50. The van der Waals surface area contributed by atoms with Gasteiger partial charge in [0.1, 0.15) is 5.69 Å². The summed E-state index contributed by atoms with van der Waals surface area (Å²) in [4.78, 5) is 19.8. The molecule has 7 heteroatoms. The van der Waals surface area contributed by atoms with E-state index in [0.29, 0.717) is 23.9 Å². The van der Waals surface area contributed by atoms with Crippen LogP contribution in [0, 0.1) is 11.8 Å². The van der Waals surface area contributed by atoms with Crippen LogP contribution in [0.15, 0.2) is 30.6 Å². The Morgan fingerprint density at radius 3 is 2.79 bits per heavy atom. The number of piperidine rings is 3. The molecule has 2 aromatic heterocycles. The van der Waals surface area contributed by atoms with Crippen LogP contribution in [0.5, 0.6) is 0 Å². The molecule has 2 bridgehead atoms. The molecule has 4 aliphatic rings. The van der Waals surface area contributed by atoms with Crippen LogP contribution in [0.25, 0.3) is 11.4 Å². The van der Waals surface area contributed by atoms with Crippen LogP contribution in [0.1, 0.15) is 44.9 Å². The third-order valence-electron chi connectivity index (χ3n) is 7.03. The van der Waals surface area contributed by atoms with Crippen LogP contribution in [0.4, 0.5) is 0 Å². The molecule has 3 saturated heterocycles. The van der Waals surface area contributed by atoms with E-state index >= 15 is 0 Å². The van der Waals surface area contributed by atoms with E-state index < -0.39 is 0 Å². The van der Waals surface area contributed by atoms with Crippen molar-refractivity contribution in [1.29, 1.82) is 0 Å². The second-order valence-corrected chi connectivity index (χ2v) is 8.92. The molecule has 0 radical (unpaired) electrons. The highest BCUT2D eigenvalue weighted by molar-refractivity contribution is 5.79. The summed E-state index contributed by atoms with van der Waals surface area (Å²) in [6, 6.07) is 6.66. The minimum atomic E-state index is 0.154. The SMILES string of the molecule is O=C(NC1CCCCC1)[C@H]1CN2CC[C@H]1C[C@@H]2Cn1cc(-c2ccccn2)nn1. The maximum absolute atomic E-state index is 12.9. The van der Waals surface area contributed by atoms with Crippen molar-refractivity contribution in [1.82, 2.24) is 30.2 Å². The highest BCUT2D eigenvalue weighted by Crippen LogP contribution is 2.37. The Morgan fingerprint density at radius 1 is 1.14 bits per heavy atom. The summed E-state index contributed by atoms with van der Waals surface area (Å²) >= 11 is 0. The third kappa shape index (κ3) is 4.06. The molecular weight excluding hydrogens is 364 g/mol. The molecule has 1 N–H and O–H groups in total. The molecule has 6 rings (SSSR count). The van der Waals surface area contributed by atoms with E-state index in [1.807, 2.05) is 29.1 Å². The van der Waals surface area contributed by atoms with Crippen molar-refractivity contribution in [2.24, 2.45) is 11.8 Å². The Balaban J connectivity index is 1.19. The van der Waals surface area contributed by atoms with Crippen molar-refractivity contribution in [3.8, 4) is 11.4 Å². The summed E-state index contributed by atoms with van der Waals surface area (Å²) in [5, 5.41) is 12.0. The standard InChI is InChI=1S/C22H30N6O/c29-22(24-17-6-2-1-3-7-17)19-14-27-11-9-16(19)12-18(27)13-28-15-21(25-26-28)20-8-4-5-10-23-20/h4-5,8,10,15-19H,1-3,6-7,9,11-14H2,(H,24,29)/t16-,18+,19-/m0/s1. The molecule has 2 aromatic rings. The Labute approximate surface area is 171 Å². The van der Waals surface area contributed by atoms with Gasteiger partial charge in [-0.25, -0.2) is 0 Å². The Bertz CT molecular complexity index is 831. The fraction of sp³-hybridized carbons (Fsp3) is 0.636. The van der Waals surface area contributed by atoms with Crippen LogP contribution >= 0.6 is 0 Å². The largest absolute Gasteiger partial charge is 0.353 e. The van der Waals surface area contributed by atoms with E-state index in [0.717, 1.165) is 56.7 Å². The van der Waals surface area contributed by atoms with Gasteiger partial charge in [0.15, 0.2) is 0 Å². The van der Waals surface area contributed by atoms with Gasteiger partial charge >= 0.3 is 0 Å². The zero-order valence-corrected chi connectivity index (χ0v) is 16.9. The normalized spacial score (nSPS) is 29.7. The first-order valence-electron chi connectivity index (χ1n) is 11.1. The summed E-state index contributed by atoms with van der Waals surface area (Å²) in [6.45, 7) is 2.80. The van der Waals surface area contributed by atoms with Gasteiger partial charge in [0.2, 0.25) is 5.91 Å². The number of fused-ring (bicyclic) bond motifs is 3. The number of hydrogen-bond donors (Lipinski definition) is 1. The molecule has 5 heterocycles. The molecule has 4 atom stereocenters. The van der Waals surface area contributed by atoms with Gasteiger partial charge in [0.25, 0.3) is 0 Å². The Hall–Kier alpha value is -2.28. The van der Waals surface area contributed by atoms with E-state index in [-0.39, 0.29) is 5.92 Å². The second-order valence-electron chi connectivity index (χ2n) is 8.92. The zero-order chi connectivity index (χ0) is 19.6. The van der Waals surface area contributed by atoms with Gasteiger partial charge in [-0.1, -0.05) is 30.5 Å². The summed E-state index contributed by atoms with van der Waals surface area (Å²) in [5.41, 5.74) is 1.66. The lowest BCUT2D eigenvalue weighted by Gasteiger charge is -2.49. The predicted molar refractivity (Wildman–Crippen MR) is 110 cm³/mol. The van der Waals surface area contributed by atoms with Crippen molar-refractivity contribution < 1.29 is 4.79 Å². The van der Waals surface area contributed by atoms with Crippen LogP contribution in [-0.2, 0) is 11.3 Å². The second kappa shape index (κ2) is 8.22. The monoisotopic (exact) mass is 394 g/mol. The first kappa shape index (κ1) is 18.7. The summed E-state index contributed by atoms with van der Waals surface area (Å²) in [7, 11) is 0. The lowest BCUT2D eigenvalue weighted by molar-refractivity contribution is -0.134. The number of amides is 1. The fourth-order valence-corrected chi connectivity index (χ4v) is 5.42. The Kier molecular flexibility index (Phi) is 5.31. The lowest BCUT2D eigenvalue weighted by Crippen LogP contribution is -2.58. The average Bonchev–Trinajstić information content (AvgIpc) is 3.24. The summed E-state index contributed by atoms with van der Waals surface area (Å²) in [5.74, 6) is 0.942. The molecular formula is C22H30N6O. The maximum atomic E-state index is 12.9. The number of rotatable bonds is 5. The number of aromatic nitrogens is 4. The van der Waals surface area contributed by atoms with Crippen LogP contribution in [0.3, 0.4) is 0 Å². The van der Waals surface area contributed by atoms with Crippen molar-refractivity contribution in [2.45, 2.75) is 63.6 Å². The molecule has 7 nitrogen and oxygen atoms in total. The number of nitrogens with zero attached hydrogens (tertiary/aromatic N) is 5. The topological polar surface area (TPSA) is 75.9 Å². The van der Waals surface area contributed by atoms with Gasteiger partial charge in [-0.2, -0.15) is 0 Å². The molecule has 29 heavy (non-hydrogen) atoms. The minimum absolute atomic E-state index is 0.154.